The lowest BCUT2D eigenvalue weighted by Gasteiger charge is -2.29. The van der Waals surface area contributed by atoms with Gasteiger partial charge in [0.2, 0.25) is 0 Å². The summed E-state index contributed by atoms with van der Waals surface area (Å²) in [6.07, 6.45) is 2.05. The second kappa shape index (κ2) is 8.30. The van der Waals surface area contributed by atoms with Crippen molar-refractivity contribution in [2.45, 2.75) is 33.6 Å². The van der Waals surface area contributed by atoms with Gasteiger partial charge in [-0.1, -0.05) is 41.9 Å². The van der Waals surface area contributed by atoms with Crippen LogP contribution >= 0.6 is 15.9 Å². The third kappa shape index (κ3) is 4.23. The monoisotopic (exact) mass is 342 g/mol. The Morgan fingerprint density at radius 3 is 2.40 bits per heavy atom. The van der Waals surface area contributed by atoms with Gasteiger partial charge in [-0.15, -0.1) is 0 Å². The van der Waals surface area contributed by atoms with Crippen LogP contribution in [0.15, 0.2) is 24.3 Å². The maximum atomic E-state index is 11.9. The molecule has 1 aromatic rings. The van der Waals surface area contributed by atoms with Gasteiger partial charge in [-0.3, -0.25) is 0 Å². The van der Waals surface area contributed by atoms with Crippen molar-refractivity contribution in [1.29, 1.82) is 0 Å². The van der Waals surface area contributed by atoms with Gasteiger partial charge in [-0.2, -0.15) is 0 Å². The minimum atomic E-state index is -0.333. The maximum absolute atomic E-state index is 11.9. The Labute approximate surface area is 129 Å². The largest absolute Gasteiger partial charge is 0.492 e. The molecule has 0 aliphatic heterocycles. The highest BCUT2D eigenvalue weighted by molar-refractivity contribution is 9.09. The quantitative estimate of drug-likeness (QED) is 0.517. The standard InChI is InChI=1S/C16H23BrO3/c1-4-16(5-2,11-17)12-20-14-10-8-7-9-13(14)15(18)19-6-3/h7-10H,4-6,11-12H2,1-3H3. The number of esters is 1. The number of hydrogen-bond donors (Lipinski definition) is 0. The Kier molecular flexibility index (Phi) is 7.06. The van der Waals surface area contributed by atoms with E-state index in [1.54, 1.807) is 13.0 Å². The predicted octanol–water partition coefficient (Wildman–Crippen LogP) is 4.44. The van der Waals surface area contributed by atoms with Gasteiger partial charge in [-0.05, 0) is 31.9 Å². The molecule has 0 aromatic heterocycles. The van der Waals surface area contributed by atoms with Crippen LogP contribution in [0.5, 0.6) is 5.75 Å². The van der Waals surface area contributed by atoms with E-state index in [1.165, 1.54) is 0 Å². The summed E-state index contributed by atoms with van der Waals surface area (Å²) in [5, 5.41) is 0.884. The van der Waals surface area contributed by atoms with Crippen molar-refractivity contribution in [3.8, 4) is 5.75 Å². The van der Waals surface area contributed by atoms with Gasteiger partial charge in [-0.25, -0.2) is 4.79 Å². The van der Waals surface area contributed by atoms with Crippen molar-refractivity contribution in [3.05, 3.63) is 29.8 Å². The predicted molar refractivity (Wildman–Crippen MR) is 84.7 cm³/mol. The van der Waals surface area contributed by atoms with E-state index < -0.39 is 0 Å². The molecule has 112 valence electrons. The molecule has 4 heteroatoms. The lowest BCUT2D eigenvalue weighted by molar-refractivity contribution is 0.0518. The number of carbonyl (C=O) groups excluding carboxylic acids is 1. The molecular weight excluding hydrogens is 320 g/mol. The van der Waals surface area contributed by atoms with Crippen molar-refractivity contribution in [2.24, 2.45) is 5.41 Å². The summed E-state index contributed by atoms with van der Waals surface area (Å²) in [7, 11) is 0. The second-order valence-corrected chi connectivity index (χ2v) is 5.41. The summed E-state index contributed by atoms with van der Waals surface area (Å²) < 4.78 is 11.0. The van der Waals surface area contributed by atoms with Crippen molar-refractivity contribution in [2.75, 3.05) is 18.5 Å². The summed E-state index contributed by atoms with van der Waals surface area (Å²) in [6, 6.07) is 7.24. The summed E-state index contributed by atoms with van der Waals surface area (Å²) in [5.74, 6) is 0.263. The number of benzene rings is 1. The molecule has 3 nitrogen and oxygen atoms in total. The number of ether oxygens (including phenoxy) is 2. The summed E-state index contributed by atoms with van der Waals surface area (Å²) in [6.45, 7) is 7.06. The minimum absolute atomic E-state index is 0.0990. The maximum Gasteiger partial charge on any atom is 0.341 e. The van der Waals surface area contributed by atoms with E-state index >= 15 is 0 Å². The summed E-state index contributed by atoms with van der Waals surface area (Å²) >= 11 is 3.57. The van der Waals surface area contributed by atoms with Crippen LogP contribution in [0.3, 0.4) is 0 Å². The van der Waals surface area contributed by atoms with Crippen molar-refractivity contribution >= 4 is 21.9 Å². The molecule has 0 heterocycles. The van der Waals surface area contributed by atoms with Crippen LogP contribution in [0.4, 0.5) is 0 Å². The molecule has 0 bridgehead atoms. The number of alkyl halides is 1. The molecule has 0 aliphatic carbocycles. The zero-order valence-corrected chi connectivity index (χ0v) is 14.0. The highest BCUT2D eigenvalue weighted by atomic mass is 79.9. The number of carbonyl (C=O) groups is 1. The average molecular weight is 343 g/mol. The Hall–Kier alpha value is -1.03. The highest BCUT2D eigenvalue weighted by Gasteiger charge is 2.26. The fraction of sp³-hybridized carbons (Fsp3) is 0.562. The van der Waals surface area contributed by atoms with Crippen molar-refractivity contribution in [3.63, 3.8) is 0 Å². The van der Waals surface area contributed by atoms with E-state index in [4.69, 9.17) is 9.47 Å². The highest BCUT2D eigenvalue weighted by Crippen LogP contribution is 2.30. The summed E-state index contributed by atoms with van der Waals surface area (Å²) in [4.78, 5) is 11.9. The Morgan fingerprint density at radius 1 is 1.20 bits per heavy atom. The first kappa shape index (κ1) is 17.0. The zero-order valence-electron chi connectivity index (χ0n) is 12.4. The van der Waals surface area contributed by atoms with Crippen molar-refractivity contribution in [1.82, 2.24) is 0 Å². The van der Waals surface area contributed by atoms with Crippen LogP contribution < -0.4 is 4.74 Å². The summed E-state index contributed by atoms with van der Waals surface area (Å²) in [5.41, 5.74) is 0.590. The molecular formula is C16H23BrO3. The Morgan fingerprint density at radius 2 is 1.85 bits per heavy atom. The fourth-order valence-corrected chi connectivity index (χ4v) is 2.84. The molecule has 0 spiro atoms. The van der Waals surface area contributed by atoms with E-state index in [0.29, 0.717) is 24.5 Å². The van der Waals surface area contributed by atoms with Crippen molar-refractivity contribution < 1.29 is 14.3 Å². The van der Waals surface area contributed by atoms with E-state index in [2.05, 4.69) is 29.8 Å². The van der Waals surface area contributed by atoms with Gasteiger partial charge in [0, 0.05) is 10.7 Å². The zero-order chi connectivity index (χ0) is 15.0. The molecule has 0 aliphatic rings. The van der Waals surface area contributed by atoms with Crippen LogP contribution in [0.1, 0.15) is 44.0 Å². The first-order valence-corrected chi connectivity index (χ1v) is 8.19. The van der Waals surface area contributed by atoms with E-state index in [-0.39, 0.29) is 11.4 Å². The lowest BCUT2D eigenvalue weighted by Crippen LogP contribution is -2.29. The molecule has 0 saturated heterocycles. The first-order chi connectivity index (χ1) is 9.62. The van der Waals surface area contributed by atoms with Gasteiger partial charge in [0.15, 0.2) is 0 Å². The molecule has 1 rings (SSSR count). The molecule has 1 aromatic carbocycles. The van der Waals surface area contributed by atoms with Gasteiger partial charge in [0.25, 0.3) is 0 Å². The van der Waals surface area contributed by atoms with Crippen LogP contribution in [0.2, 0.25) is 0 Å². The molecule has 0 N–H and O–H groups in total. The average Bonchev–Trinajstić information content (AvgIpc) is 2.50. The smallest absolute Gasteiger partial charge is 0.341 e. The third-order valence-corrected chi connectivity index (χ3v) is 4.89. The minimum Gasteiger partial charge on any atom is -0.492 e. The molecule has 0 saturated carbocycles. The van der Waals surface area contributed by atoms with E-state index in [9.17, 15) is 4.79 Å². The normalized spacial score (nSPS) is 11.2. The van der Waals surface area contributed by atoms with Crippen LogP contribution in [0, 0.1) is 5.41 Å². The molecule has 20 heavy (non-hydrogen) atoms. The number of para-hydroxylation sites is 1. The van der Waals surface area contributed by atoms with Crippen LogP contribution in [0.25, 0.3) is 0 Å². The number of hydrogen-bond acceptors (Lipinski definition) is 3. The molecule has 0 fully saturated rings. The molecule has 0 amide bonds. The van der Waals surface area contributed by atoms with Crippen LogP contribution in [-0.4, -0.2) is 24.5 Å². The third-order valence-electron chi connectivity index (χ3n) is 3.70. The number of halogens is 1. The molecule has 0 unspecified atom stereocenters. The Balaban J connectivity index is 2.85. The molecule has 0 radical (unpaired) electrons. The van der Waals surface area contributed by atoms with E-state index in [0.717, 1.165) is 18.2 Å². The SMILES string of the molecule is CCOC(=O)c1ccccc1OCC(CC)(CC)CBr. The van der Waals surface area contributed by atoms with Crippen LogP contribution in [-0.2, 0) is 4.74 Å². The van der Waals surface area contributed by atoms with Gasteiger partial charge < -0.3 is 9.47 Å². The second-order valence-electron chi connectivity index (χ2n) is 4.85. The van der Waals surface area contributed by atoms with E-state index in [1.807, 2.05) is 18.2 Å². The lowest BCUT2D eigenvalue weighted by atomic mass is 9.86. The van der Waals surface area contributed by atoms with Gasteiger partial charge >= 0.3 is 5.97 Å². The topological polar surface area (TPSA) is 35.5 Å². The molecule has 0 atom stereocenters. The Bertz CT molecular complexity index is 419. The van der Waals surface area contributed by atoms with Gasteiger partial charge in [0.1, 0.15) is 11.3 Å². The fourth-order valence-electron chi connectivity index (χ4n) is 1.88. The first-order valence-electron chi connectivity index (χ1n) is 7.07. The number of rotatable bonds is 8. The van der Waals surface area contributed by atoms with Gasteiger partial charge in [0.05, 0.1) is 13.2 Å².